The highest BCUT2D eigenvalue weighted by Gasteiger charge is 2.28. The summed E-state index contributed by atoms with van der Waals surface area (Å²) in [4.78, 5) is 4.49. The van der Waals surface area contributed by atoms with Crippen LogP contribution in [0.25, 0.3) is 11.5 Å². The Labute approximate surface area is 175 Å². The van der Waals surface area contributed by atoms with Gasteiger partial charge in [0.25, 0.3) is 0 Å². The molecule has 3 aromatic carbocycles. The second-order valence-corrected chi connectivity index (χ2v) is 8.56. The normalized spacial score (nSPS) is 11.3. The Kier molecular flexibility index (Phi) is 5.29. The smallest absolute Gasteiger partial charge is 0.238 e. The lowest BCUT2D eigenvalue weighted by Gasteiger charge is -2.07. The molecule has 0 aliphatic rings. The number of methoxy groups -OCH3 is 1. The minimum atomic E-state index is -3.91. The predicted octanol–water partition coefficient (Wildman–Crippen LogP) is 5.24. The van der Waals surface area contributed by atoms with Crippen LogP contribution in [0.2, 0.25) is 0 Å². The molecule has 0 bridgehead atoms. The number of benzene rings is 3. The van der Waals surface area contributed by atoms with Gasteiger partial charge in [0.1, 0.15) is 5.75 Å². The van der Waals surface area contributed by atoms with E-state index in [4.69, 9.17) is 9.15 Å². The third-order valence-corrected chi connectivity index (χ3v) is 6.21. The van der Waals surface area contributed by atoms with Gasteiger partial charge in [0.2, 0.25) is 26.6 Å². The van der Waals surface area contributed by atoms with Crippen LogP contribution in [0.1, 0.15) is 5.56 Å². The number of ether oxygens (including phenoxy) is 1. The van der Waals surface area contributed by atoms with Crippen LogP contribution >= 0.6 is 0 Å². The Balaban J connectivity index is 1.83. The summed E-state index contributed by atoms with van der Waals surface area (Å²) < 4.78 is 37.8. The first kappa shape index (κ1) is 19.7. The van der Waals surface area contributed by atoms with Crippen molar-refractivity contribution in [2.24, 2.45) is 0 Å². The van der Waals surface area contributed by atoms with Crippen molar-refractivity contribution < 1.29 is 17.6 Å². The summed E-state index contributed by atoms with van der Waals surface area (Å²) in [7, 11) is -2.34. The van der Waals surface area contributed by atoms with Gasteiger partial charge in [-0.25, -0.2) is 8.42 Å². The van der Waals surface area contributed by atoms with Gasteiger partial charge in [0, 0.05) is 17.3 Å². The zero-order chi connectivity index (χ0) is 21.1. The highest BCUT2D eigenvalue weighted by molar-refractivity contribution is 7.91. The van der Waals surface area contributed by atoms with E-state index in [9.17, 15) is 8.42 Å². The average Bonchev–Trinajstić information content (AvgIpc) is 3.19. The highest BCUT2D eigenvalue weighted by Crippen LogP contribution is 2.34. The van der Waals surface area contributed by atoms with E-state index in [0.29, 0.717) is 17.0 Å². The molecule has 30 heavy (non-hydrogen) atoms. The predicted molar refractivity (Wildman–Crippen MR) is 115 cm³/mol. The molecule has 0 amide bonds. The molecule has 0 saturated heterocycles. The van der Waals surface area contributed by atoms with Crippen LogP contribution < -0.4 is 10.1 Å². The minimum absolute atomic E-state index is 0.0441. The number of anilines is 2. The maximum Gasteiger partial charge on any atom is 0.238 e. The van der Waals surface area contributed by atoms with Gasteiger partial charge in [0.15, 0.2) is 0 Å². The van der Waals surface area contributed by atoms with Gasteiger partial charge in [-0.1, -0.05) is 42.0 Å². The second-order valence-electron chi connectivity index (χ2n) is 6.69. The molecule has 0 aliphatic heterocycles. The Morgan fingerprint density at radius 3 is 2.37 bits per heavy atom. The zero-order valence-corrected chi connectivity index (χ0v) is 17.3. The number of nitrogens with zero attached hydrogens (tertiary/aromatic N) is 1. The molecule has 1 aromatic heterocycles. The maximum atomic E-state index is 13.3. The SMILES string of the molecule is COc1cccc(Nc2oc(-c3ccccc3)nc2S(=O)(=O)c2ccc(C)cc2)c1. The Hall–Kier alpha value is -3.58. The van der Waals surface area contributed by atoms with Crippen molar-refractivity contribution in [1.82, 2.24) is 4.98 Å². The summed E-state index contributed by atoms with van der Waals surface area (Å²) in [6, 6.07) is 22.9. The first-order valence-corrected chi connectivity index (χ1v) is 10.7. The van der Waals surface area contributed by atoms with Gasteiger partial charge in [-0.05, 0) is 43.3 Å². The summed E-state index contributed by atoms with van der Waals surface area (Å²) in [5, 5.41) is 2.86. The third kappa shape index (κ3) is 3.92. The van der Waals surface area contributed by atoms with Crippen LogP contribution in [0.3, 0.4) is 0 Å². The summed E-state index contributed by atoms with van der Waals surface area (Å²) in [6.07, 6.45) is 0. The van der Waals surface area contributed by atoms with Gasteiger partial charge in [0.05, 0.1) is 12.0 Å². The van der Waals surface area contributed by atoms with Gasteiger partial charge in [-0.3, -0.25) is 0 Å². The van der Waals surface area contributed by atoms with E-state index in [1.807, 2.05) is 37.3 Å². The first-order chi connectivity index (χ1) is 14.5. The van der Waals surface area contributed by atoms with Crippen molar-refractivity contribution in [3.8, 4) is 17.2 Å². The monoisotopic (exact) mass is 420 g/mol. The van der Waals surface area contributed by atoms with E-state index >= 15 is 0 Å². The van der Waals surface area contributed by atoms with Crippen LogP contribution in [-0.4, -0.2) is 20.5 Å². The maximum absolute atomic E-state index is 13.3. The van der Waals surface area contributed by atoms with E-state index in [0.717, 1.165) is 5.56 Å². The van der Waals surface area contributed by atoms with Crippen LogP contribution in [0.5, 0.6) is 5.75 Å². The third-order valence-electron chi connectivity index (χ3n) is 4.53. The van der Waals surface area contributed by atoms with E-state index in [1.165, 1.54) is 0 Å². The van der Waals surface area contributed by atoms with Crippen molar-refractivity contribution >= 4 is 21.4 Å². The largest absolute Gasteiger partial charge is 0.497 e. The van der Waals surface area contributed by atoms with Crippen molar-refractivity contribution in [3.63, 3.8) is 0 Å². The highest BCUT2D eigenvalue weighted by atomic mass is 32.2. The Bertz CT molecular complexity index is 1260. The molecule has 0 spiro atoms. The first-order valence-electron chi connectivity index (χ1n) is 9.26. The number of hydrogen-bond acceptors (Lipinski definition) is 6. The van der Waals surface area contributed by atoms with Crippen LogP contribution in [0, 0.1) is 6.92 Å². The zero-order valence-electron chi connectivity index (χ0n) is 16.5. The van der Waals surface area contributed by atoms with E-state index in [2.05, 4.69) is 10.3 Å². The number of aryl methyl sites for hydroxylation is 1. The van der Waals surface area contributed by atoms with Crippen molar-refractivity contribution in [2.75, 3.05) is 12.4 Å². The van der Waals surface area contributed by atoms with Crippen LogP contribution in [0.15, 0.2) is 93.2 Å². The number of rotatable bonds is 6. The van der Waals surface area contributed by atoms with Crippen molar-refractivity contribution in [1.29, 1.82) is 0 Å². The number of sulfone groups is 1. The number of hydrogen-bond donors (Lipinski definition) is 1. The van der Waals surface area contributed by atoms with Crippen molar-refractivity contribution in [2.45, 2.75) is 16.8 Å². The quantitative estimate of drug-likeness (QED) is 0.460. The van der Waals surface area contributed by atoms with Gasteiger partial charge < -0.3 is 14.5 Å². The fourth-order valence-corrected chi connectivity index (χ4v) is 4.19. The molecule has 7 heteroatoms. The molecule has 1 N–H and O–H groups in total. The van der Waals surface area contributed by atoms with Crippen molar-refractivity contribution in [3.05, 3.63) is 84.4 Å². The molecule has 0 fully saturated rings. The molecule has 4 rings (SSSR count). The molecular formula is C23H20N2O4S. The fraction of sp³-hybridized carbons (Fsp3) is 0.0870. The lowest BCUT2D eigenvalue weighted by Crippen LogP contribution is -2.05. The molecule has 0 unspecified atom stereocenters. The molecule has 152 valence electrons. The van der Waals surface area contributed by atoms with E-state index in [-0.39, 0.29) is 21.7 Å². The number of oxazole rings is 1. The molecule has 0 aliphatic carbocycles. The molecular weight excluding hydrogens is 400 g/mol. The molecule has 0 saturated carbocycles. The van der Waals surface area contributed by atoms with Gasteiger partial charge in [-0.2, -0.15) is 4.98 Å². The molecule has 6 nitrogen and oxygen atoms in total. The van der Waals surface area contributed by atoms with Gasteiger partial charge in [-0.15, -0.1) is 0 Å². The average molecular weight is 420 g/mol. The molecule has 0 radical (unpaired) electrons. The molecule has 4 aromatic rings. The Morgan fingerprint density at radius 2 is 1.67 bits per heavy atom. The number of aromatic nitrogens is 1. The topological polar surface area (TPSA) is 81.4 Å². The standard InChI is InChI=1S/C23H20N2O4S/c1-16-11-13-20(14-12-16)30(26,27)23-22(24-18-9-6-10-19(15-18)28-2)29-21(25-23)17-7-4-3-5-8-17/h3-15,24H,1-2H3. The summed E-state index contributed by atoms with van der Waals surface area (Å²) >= 11 is 0. The summed E-state index contributed by atoms with van der Waals surface area (Å²) in [5.41, 5.74) is 2.26. The molecule has 0 atom stereocenters. The van der Waals surface area contributed by atoms with Crippen LogP contribution in [0.4, 0.5) is 11.6 Å². The van der Waals surface area contributed by atoms with E-state index < -0.39 is 9.84 Å². The minimum Gasteiger partial charge on any atom is -0.497 e. The number of nitrogens with one attached hydrogen (secondary N) is 1. The fourth-order valence-electron chi connectivity index (χ4n) is 2.93. The summed E-state index contributed by atoms with van der Waals surface area (Å²) in [6.45, 7) is 1.90. The van der Waals surface area contributed by atoms with E-state index in [1.54, 1.807) is 55.6 Å². The summed E-state index contributed by atoms with van der Waals surface area (Å²) in [5.74, 6) is 0.889. The lowest BCUT2D eigenvalue weighted by atomic mass is 10.2. The second kappa shape index (κ2) is 8.04. The Morgan fingerprint density at radius 1 is 0.933 bits per heavy atom. The molecule has 1 heterocycles. The van der Waals surface area contributed by atoms with Gasteiger partial charge >= 0.3 is 0 Å². The van der Waals surface area contributed by atoms with Crippen LogP contribution in [-0.2, 0) is 9.84 Å². The lowest BCUT2D eigenvalue weighted by molar-refractivity contribution is 0.415.